The van der Waals surface area contributed by atoms with E-state index >= 15 is 0 Å². The first-order valence-corrected chi connectivity index (χ1v) is 6.42. The van der Waals surface area contributed by atoms with E-state index in [1.807, 2.05) is 24.3 Å². The predicted molar refractivity (Wildman–Crippen MR) is 80.0 cm³/mol. The van der Waals surface area contributed by atoms with Gasteiger partial charge in [0.2, 0.25) is 0 Å². The number of halogens is 1. The summed E-state index contributed by atoms with van der Waals surface area (Å²) in [7, 11) is 0. The van der Waals surface area contributed by atoms with Crippen molar-refractivity contribution >= 4 is 17.3 Å². The molecule has 0 bridgehead atoms. The normalized spacial score (nSPS) is 11.6. The second-order valence-electron chi connectivity index (χ2n) is 5.54. The molecule has 2 N–H and O–H groups in total. The maximum absolute atomic E-state index is 6.25. The Morgan fingerprint density at radius 1 is 0.944 bits per heavy atom. The van der Waals surface area contributed by atoms with E-state index in [2.05, 4.69) is 39.0 Å². The number of hydrogen-bond donors (Lipinski definition) is 1. The van der Waals surface area contributed by atoms with Crippen molar-refractivity contribution in [2.45, 2.75) is 26.2 Å². The zero-order valence-electron chi connectivity index (χ0n) is 11.0. The molecule has 0 radical (unpaired) electrons. The third kappa shape index (κ3) is 2.51. The van der Waals surface area contributed by atoms with Gasteiger partial charge in [-0.1, -0.05) is 62.7 Å². The standard InChI is InChI=1S/C16H18ClN/c1-16(2,3)13-9-12(10-14(17)15(13)18)11-7-5-4-6-8-11/h4-10H,18H2,1-3H3. The second kappa shape index (κ2) is 4.66. The Morgan fingerprint density at radius 2 is 1.56 bits per heavy atom. The lowest BCUT2D eigenvalue weighted by Gasteiger charge is -2.23. The molecular formula is C16H18ClN. The Bertz CT molecular complexity index is 553. The van der Waals surface area contributed by atoms with E-state index in [1.54, 1.807) is 0 Å². The van der Waals surface area contributed by atoms with Crippen LogP contribution in [0.4, 0.5) is 5.69 Å². The summed E-state index contributed by atoms with van der Waals surface area (Å²) in [6.07, 6.45) is 0. The fourth-order valence-corrected chi connectivity index (χ4v) is 2.25. The van der Waals surface area contributed by atoms with Crippen molar-refractivity contribution in [1.82, 2.24) is 0 Å². The van der Waals surface area contributed by atoms with Crippen molar-refractivity contribution in [3.63, 3.8) is 0 Å². The zero-order chi connectivity index (χ0) is 13.3. The van der Waals surface area contributed by atoms with Crippen LogP contribution in [0.1, 0.15) is 26.3 Å². The van der Waals surface area contributed by atoms with E-state index in [0.29, 0.717) is 10.7 Å². The average Bonchev–Trinajstić information content (AvgIpc) is 2.32. The van der Waals surface area contributed by atoms with E-state index in [4.69, 9.17) is 17.3 Å². The number of nitrogen functional groups attached to an aromatic ring is 1. The van der Waals surface area contributed by atoms with Gasteiger partial charge in [-0.25, -0.2) is 0 Å². The molecule has 2 aromatic rings. The van der Waals surface area contributed by atoms with Crippen LogP contribution in [0.2, 0.25) is 5.02 Å². The van der Waals surface area contributed by atoms with Gasteiger partial charge in [0.15, 0.2) is 0 Å². The molecule has 94 valence electrons. The minimum Gasteiger partial charge on any atom is -0.397 e. The molecule has 0 spiro atoms. The highest BCUT2D eigenvalue weighted by molar-refractivity contribution is 6.33. The van der Waals surface area contributed by atoms with Gasteiger partial charge >= 0.3 is 0 Å². The summed E-state index contributed by atoms with van der Waals surface area (Å²) < 4.78 is 0. The molecule has 2 heteroatoms. The van der Waals surface area contributed by atoms with Gasteiger partial charge in [-0.2, -0.15) is 0 Å². The number of anilines is 1. The van der Waals surface area contributed by atoms with Crippen molar-refractivity contribution in [2.75, 3.05) is 5.73 Å². The third-order valence-electron chi connectivity index (χ3n) is 3.04. The molecule has 0 aliphatic rings. The third-order valence-corrected chi connectivity index (χ3v) is 3.36. The van der Waals surface area contributed by atoms with Crippen LogP contribution in [0.15, 0.2) is 42.5 Å². The molecule has 0 fully saturated rings. The lowest BCUT2D eigenvalue weighted by molar-refractivity contribution is 0.593. The molecule has 0 saturated carbocycles. The summed E-state index contributed by atoms with van der Waals surface area (Å²) in [5.41, 5.74) is 10.1. The van der Waals surface area contributed by atoms with Gasteiger partial charge in [0.1, 0.15) is 0 Å². The minimum atomic E-state index is -0.0154. The van der Waals surface area contributed by atoms with E-state index in [1.165, 1.54) is 0 Å². The van der Waals surface area contributed by atoms with Crippen LogP contribution >= 0.6 is 11.6 Å². The van der Waals surface area contributed by atoms with Crippen molar-refractivity contribution in [2.24, 2.45) is 0 Å². The molecule has 0 saturated heterocycles. The van der Waals surface area contributed by atoms with Crippen LogP contribution in [0, 0.1) is 0 Å². The number of hydrogen-bond acceptors (Lipinski definition) is 1. The zero-order valence-corrected chi connectivity index (χ0v) is 11.8. The molecule has 18 heavy (non-hydrogen) atoms. The number of nitrogens with two attached hydrogens (primary N) is 1. The topological polar surface area (TPSA) is 26.0 Å². The van der Waals surface area contributed by atoms with Gasteiger partial charge in [0.05, 0.1) is 10.7 Å². The highest BCUT2D eigenvalue weighted by atomic mass is 35.5. The summed E-state index contributed by atoms with van der Waals surface area (Å²) >= 11 is 6.25. The highest BCUT2D eigenvalue weighted by Crippen LogP contribution is 2.36. The quantitative estimate of drug-likeness (QED) is 0.725. The Morgan fingerprint density at radius 3 is 2.11 bits per heavy atom. The molecule has 0 atom stereocenters. The van der Waals surface area contributed by atoms with E-state index in [9.17, 15) is 0 Å². The summed E-state index contributed by atoms with van der Waals surface area (Å²) in [5, 5.41) is 0.626. The Kier molecular flexibility index (Phi) is 3.36. The van der Waals surface area contributed by atoms with Crippen LogP contribution in [0.5, 0.6) is 0 Å². The van der Waals surface area contributed by atoms with Crippen molar-refractivity contribution < 1.29 is 0 Å². The Labute approximate surface area is 114 Å². The lowest BCUT2D eigenvalue weighted by Crippen LogP contribution is -2.14. The molecule has 0 aliphatic heterocycles. The molecule has 0 unspecified atom stereocenters. The van der Waals surface area contributed by atoms with Gasteiger partial charge in [-0.3, -0.25) is 0 Å². The number of benzene rings is 2. The maximum atomic E-state index is 6.25. The van der Waals surface area contributed by atoms with E-state index in [0.717, 1.165) is 16.7 Å². The second-order valence-corrected chi connectivity index (χ2v) is 5.94. The monoisotopic (exact) mass is 259 g/mol. The summed E-state index contributed by atoms with van der Waals surface area (Å²) in [6, 6.07) is 14.3. The molecule has 2 rings (SSSR count). The van der Waals surface area contributed by atoms with Crippen molar-refractivity contribution in [3.8, 4) is 11.1 Å². The molecule has 0 heterocycles. The van der Waals surface area contributed by atoms with E-state index in [-0.39, 0.29) is 5.41 Å². The van der Waals surface area contributed by atoms with Crippen LogP contribution < -0.4 is 5.73 Å². The van der Waals surface area contributed by atoms with Gasteiger partial charge in [0, 0.05) is 0 Å². The Hall–Kier alpha value is -1.47. The average molecular weight is 260 g/mol. The van der Waals surface area contributed by atoms with Gasteiger partial charge in [-0.15, -0.1) is 0 Å². The molecular weight excluding hydrogens is 242 g/mol. The first kappa shape index (κ1) is 13.0. The smallest absolute Gasteiger partial charge is 0.0644 e. The predicted octanol–water partition coefficient (Wildman–Crippen LogP) is 4.89. The van der Waals surface area contributed by atoms with Gasteiger partial charge < -0.3 is 5.73 Å². The van der Waals surface area contributed by atoms with Crippen LogP contribution in [0.3, 0.4) is 0 Å². The summed E-state index contributed by atoms with van der Waals surface area (Å²) in [5.74, 6) is 0. The first-order valence-electron chi connectivity index (χ1n) is 6.04. The fourth-order valence-electron chi connectivity index (χ4n) is 2.04. The minimum absolute atomic E-state index is 0.0154. The van der Waals surface area contributed by atoms with Crippen LogP contribution in [-0.4, -0.2) is 0 Å². The lowest BCUT2D eigenvalue weighted by atomic mass is 9.84. The highest BCUT2D eigenvalue weighted by Gasteiger charge is 2.19. The molecule has 2 aromatic carbocycles. The largest absolute Gasteiger partial charge is 0.397 e. The fraction of sp³-hybridized carbons (Fsp3) is 0.250. The van der Waals surface area contributed by atoms with Gasteiger partial charge in [0.25, 0.3) is 0 Å². The van der Waals surface area contributed by atoms with Gasteiger partial charge in [-0.05, 0) is 34.2 Å². The van der Waals surface area contributed by atoms with Crippen molar-refractivity contribution in [3.05, 3.63) is 53.1 Å². The molecule has 0 aromatic heterocycles. The van der Waals surface area contributed by atoms with E-state index < -0.39 is 0 Å². The van der Waals surface area contributed by atoms with Crippen LogP contribution in [0.25, 0.3) is 11.1 Å². The summed E-state index contributed by atoms with van der Waals surface area (Å²) in [4.78, 5) is 0. The van der Waals surface area contributed by atoms with Crippen LogP contribution in [-0.2, 0) is 5.41 Å². The SMILES string of the molecule is CC(C)(C)c1cc(-c2ccccc2)cc(Cl)c1N. The maximum Gasteiger partial charge on any atom is 0.0644 e. The first-order chi connectivity index (χ1) is 8.39. The summed E-state index contributed by atoms with van der Waals surface area (Å²) in [6.45, 7) is 6.43. The van der Waals surface area contributed by atoms with Crippen molar-refractivity contribution in [1.29, 1.82) is 0 Å². The Balaban J connectivity index is 2.62. The molecule has 1 nitrogen and oxygen atoms in total. The molecule has 0 aliphatic carbocycles. The number of rotatable bonds is 1. The molecule has 0 amide bonds.